The van der Waals surface area contributed by atoms with Crippen molar-refractivity contribution in [1.29, 1.82) is 0 Å². The van der Waals surface area contributed by atoms with Gasteiger partial charge in [0.25, 0.3) is 0 Å². The second-order valence-corrected chi connectivity index (χ2v) is 5.69. The maximum Gasteiger partial charge on any atom is 0.0855 e. The molecule has 3 N–H and O–H groups in total. The van der Waals surface area contributed by atoms with E-state index in [2.05, 4.69) is 38.1 Å². The van der Waals surface area contributed by atoms with E-state index in [1.165, 1.54) is 77.3 Å². The molecule has 0 saturated heterocycles. The maximum atomic E-state index is 4.65. The molecule has 0 rings (SSSR count). The van der Waals surface area contributed by atoms with Gasteiger partial charge in [0.15, 0.2) is 0 Å². The zero-order chi connectivity index (χ0) is 16.1. The summed E-state index contributed by atoms with van der Waals surface area (Å²) in [5, 5.41) is 11.6. The number of rotatable bonds is 19. The lowest BCUT2D eigenvalue weighted by atomic mass is 10.1. The number of nitrogens with one attached hydrogen (secondary N) is 1. The lowest BCUT2D eigenvalue weighted by Gasteiger charge is -2.04. The topological polar surface area (TPSA) is 75.0 Å². The summed E-state index contributed by atoms with van der Waals surface area (Å²) in [5.74, 6) is 4.57. The van der Waals surface area contributed by atoms with E-state index in [0.717, 1.165) is 12.8 Å². The van der Waals surface area contributed by atoms with Crippen LogP contribution < -0.4 is 11.2 Å². The Bertz CT molecular complexity index is 177. The monoisotopic (exact) mass is 320 g/mol. The van der Waals surface area contributed by atoms with E-state index < -0.39 is 0 Å². The van der Waals surface area contributed by atoms with Gasteiger partial charge in [-0.2, -0.15) is 5.90 Å². The molecule has 0 atom stereocenters. The van der Waals surface area contributed by atoms with Crippen LogP contribution in [0.2, 0.25) is 0 Å². The Balaban J connectivity index is 2.91. The Hall–Kier alpha value is -0.240. The van der Waals surface area contributed by atoms with Crippen molar-refractivity contribution < 1.29 is 20.0 Å². The first-order valence-electron chi connectivity index (χ1n) is 8.94. The normalized spacial score (nSPS) is 11.2. The van der Waals surface area contributed by atoms with E-state index in [1.807, 2.05) is 0 Å². The van der Waals surface area contributed by atoms with Gasteiger partial charge in [-0.25, -0.2) is 4.89 Å². The Morgan fingerprint density at radius 1 is 0.682 bits per heavy atom. The highest BCUT2D eigenvalue weighted by atomic mass is 17.7. The van der Waals surface area contributed by atoms with E-state index in [0.29, 0.717) is 6.61 Å². The zero-order valence-electron chi connectivity index (χ0n) is 14.3. The van der Waals surface area contributed by atoms with Crippen LogP contribution in [0.4, 0.5) is 0 Å². The van der Waals surface area contributed by atoms with E-state index >= 15 is 0 Å². The molecule has 0 saturated carbocycles. The van der Waals surface area contributed by atoms with Crippen molar-refractivity contribution in [1.82, 2.24) is 5.32 Å². The fourth-order valence-corrected chi connectivity index (χ4v) is 2.34. The third kappa shape index (κ3) is 19.8. The first-order chi connectivity index (χ1) is 10.9. The van der Waals surface area contributed by atoms with Gasteiger partial charge >= 0.3 is 0 Å². The largest absolute Gasteiger partial charge is 0.317 e. The van der Waals surface area contributed by atoms with Crippen molar-refractivity contribution in [3.05, 3.63) is 0 Å². The second kappa shape index (κ2) is 20.8. The third-order valence-electron chi connectivity index (χ3n) is 3.65. The van der Waals surface area contributed by atoms with Crippen LogP contribution in [0.25, 0.3) is 0 Å². The van der Waals surface area contributed by atoms with Crippen LogP contribution in [0.15, 0.2) is 0 Å². The smallest absolute Gasteiger partial charge is 0.0855 e. The Morgan fingerprint density at radius 2 is 1.23 bits per heavy atom. The molecule has 0 fully saturated rings. The molecule has 0 radical (unpaired) electrons. The first-order valence-corrected chi connectivity index (χ1v) is 8.94. The van der Waals surface area contributed by atoms with E-state index in [-0.39, 0.29) is 0 Å². The molecule has 0 spiro atoms. The maximum absolute atomic E-state index is 4.65. The minimum absolute atomic E-state index is 0.495. The number of nitrogens with two attached hydrogens (primary N) is 1. The lowest BCUT2D eigenvalue weighted by molar-refractivity contribution is -0.636. The molecule has 0 aromatic heterocycles. The molecule has 0 amide bonds. The fourth-order valence-electron chi connectivity index (χ4n) is 2.34. The van der Waals surface area contributed by atoms with Crippen LogP contribution in [-0.4, -0.2) is 19.7 Å². The van der Waals surface area contributed by atoms with Crippen molar-refractivity contribution in [3.8, 4) is 0 Å². The number of hydrogen-bond acceptors (Lipinski definition) is 6. The van der Waals surface area contributed by atoms with Crippen molar-refractivity contribution >= 4 is 0 Å². The highest BCUT2D eigenvalue weighted by molar-refractivity contribution is 4.51. The van der Waals surface area contributed by atoms with Gasteiger partial charge in [0.1, 0.15) is 0 Å². The molecule has 0 heterocycles. The van der Waals surface area contributed by atoms with E-state index in [4.69, 9.17) is 0 Å². The lowest BCUT2D eigenvalue weighted by Crippen LogP contribution is -2.16. The molecule has 6 heteroatoms. The molecule has 0 aliphatic heterocycles. The van der Waals surface area contributed by atoms with Gasteiger partial charge in [-0.05, 0) is 42.4 Å². The minimum atomic E-state index is 0.495. The summed E-state index contributed by atoms with van der Waals surface area (Å²) in [7, 11) is 0. The van der Waals surface area contributed by atoms with Crippen molar-refractivity contribution in [2.75, 3.05) is 19.7 Å². The molecule has 0 bridgehead atoms. The van der Waals surface area contributed by atoms with Gasteiger partial charge < -0.3 is 5.32 Å². The Labute approximate surface area is 135 Å². The summed E-state index contributed by atoms with van der Waals surface area (Å²) in [6.07, 6.45) is 15.4. The van der Waals surface area contributed by atoms with E-state index in [9.17, 15) is 0 Å². The van der Waals surface area contributed by atoms with Crippen molar-refractivity contribution in [3.63, 3.8) is 0 Å². The van der Waals surface area contributed by atoms with Crippen LogP contribution in [-0.2, 0) is 20.0 Å². The van der Waals surface area contributed by atoms with E-state index in [1.54, 1.807) is 0 Å². The van der Waals surface area contributed by atoms with Gasteiger partial charge in [-0.3, -0.25) is 0 Å². The van der Waals surface area contributed by atoms with Crippen molar-refractivity contribution in [2.45, 2.75) is 84.0 Å². The van der Waals surface area contributed by atoms with Crippen molar-refractivity contribution in [2.24, 2.45) is 5.90 Å². The molecule has 0 aromatic carbocycles. The van der Waals surface area contributed by atoms with Crippen LogP contribution >= 0.6 is 0 Å². The quantitative estimate of drug-likeness (QED) is 0.213. The summed E-state index contributed by atoms with van der Waals surface area (Å²) < 4.78 is 0. The summed E-state index contributed by atoms with van der Waals surface area (Å²) >= 11 is 0. The average molecular weight is 320 g/mol. The predicted molar refractivity (Wildman–Crippen MR) is 87.3 cm³/mol. The van der Waals surface area contributed by atoms with Crippen LogP contribution in [0, 0.1) is 0 Å². The van der Waals surface area contributed by atoms with Gasteiger partial charge in [0, 0.05) is 0 Å². The van der Waals surface area contributed by atoms with Gasteiger partial charge in [0.2, 0.25) is 0 Å². The zero-order valence-corrected chi connectivity index (χ0v) is 14.3. The molecule has 0 aromatic rings. The van der Waals surface area contributed by atoms with Gasteiger partial charge in [0.05, 0.1) is 6.61 Å². The predicted octanol–water partition coefficient (Wildman–Crippen LogP) is 3.96. The first kappa shape index (κ1) is 21.8. The summed E-state index contributed by atoms with van der Waals surface area (Å²) in [5.41, 5.74) is 0. The molecule has 0 unspecified atom stereocenters. The summed E-state index contributed by atoms with van der Waals surface area (Å²) in [6, 6.07) is 0. The second-order valence-electron chi connectivity index (χ2n) is 5.69. The minimum Gasteiger partial charge on any atom is -0.317 e. The Kier molecular flexibility index (Phi) is 20.5. The molecular formula is C16H36N2O4. The molecular weight excluding hydrogens is 284 g/mol. The Morgan fingerprint density at radius 3 is 1.82 bits per heavy atom. The molecule has 22 heavy (non-hydrogen) atoms. The average Bonchev–Trinajstić information content (AvgIpc) is 2.54. The SMILES string of the molecule is CCCCCNCCCCCCCCCCCOOOON. The summed E-state index contributed by atoms with van der Waals surface area (Å²) in [4.78, 5) is 8.37. The van der Waals surface area contributed by atoms with Gasteiger partial charge in [-0.1, -0.05) is 64.7 Å². The highest BCUT2D eigenvalue weighted by Gasteiger charge is 1.94. The molecule has 0 aliphatic carbocycles. The number of hydrogen-bond donors (Lipinski definition) is 2. The summed E-state index contributed by atoms with van der Waals surface area (Å²) in [6.45, 7) is 5.11. The standard InChI is InChI=1S/C16H36N2O4/c1-2-3-11-14-18-15-12-9-7-5-4-6-8-10-13-16-19-21-22-20-17/h18H,2-17H2,1H3. The molecule has 134 valence electrons. The van der Waals surface area contributed by atoms with Crippen LogP contribution in [0.1, 0.15) is 84.0 Å². The fraction of sp³-hybridized carbons (Fsp3) is 1.00. The molecule has 6 nitrogen and oxygen atoms in total. The third-order valence-corrected chi connectivity index (χ3v) is 3.65. The highest BCUT2D eigenvalue weighted by Crippen LogP contribution is 2.09. The number of unbranched alkanes of at least 4 members (excludes halogenated alkanes) is 10. The van der Waals surface area contributed by atoms with Crippen LogP contribution in [0.3, 0.4) is 0 Å². The molecule has 0 aliphatic rings. The van der Waals surface area contributed by atoms with Crippen LogP contribution in [0.5, 0.6) is 0 Å². The van der Waals surface area contributed by atoms with Gasteiger partial charge in [-0.15, -0.1) is 4.99 Å².